The summed E-state index contributed by atoms with van der Waals surface area (Å²) in [7, 11) is 2.55. The molecule has 0 spiro atoms. The number of hydrogen-bond donors (Lipinski definition) is 1. The number of nitrogens with zero attached hydrogens (tertiary/aromatic N) is 4. The normalized spacial score (nSPS) is 14.5. The molecular formula is C23H19F2N5O6S. The van der Waals surface area contributed by atoms with Crippen molar-refractivity contribution >= 4 is 46.2 Å². The molecule has 0 bridgehead atoms. The summed E-state index contributed by atoms with van der Waals surface area (Å²) in [5.74, 6) is -1.63. The van der Waals surface area contributed by atoms with Gasteiger partial charge in [0.25, 0.3) is 11.5 Å². The quantitative estimate of drug-likeness (QED) is 0.361. The van der Waals surface area contributed by atoms with E-state index in [1.165, 1.54) is 55.6 Å². The Labute approximate surface area is 211 Å². The van der Waals surface area contributed by atoms with E-state index in [9.17, 15) is 28.0 Å². The molecule has 37 heavy (non-hydrogen) atoms. The van der Waals surface area contributed by atoms with E-state index in [0.717, 1.165) is 20.9 Å². The number of amides is 1. The number of alkyl halides is 2. The minimum absolute atomic E-state index is 0.00431. The fraction of sp³-hybridized carbons (Fsp3) is 0.174. The number of amidine groups is 1. The summed E-state index contributed by atoms with van der Waals surface area (Å²) in [6, 6.07) is 8.51. The van der Waals surface area contributed by atoms with Crippen molar-refractivity contribution < 1.29 is 27.5 Å². The Bertz CT molecular complexity index is 1540. The van der Waals surface area contributed by atoms with Crippen molar-refractivity contribution in [2.45, 2.75) is 6.61 Å². The van der Waals surface area contributed by atoms with Gasteiger partial charge in [-0.25, -0.2) is 9.79 Å². The van der Waals surface area contributed by atoms with Crippen LogP contribution in [0.3, 0.4) is 0 Å². The van der Waals surface area contributed by atoms with Gasteiger partial charge in [0, 0.05) is 20.2 Å². The molecule has 1 aromatic carbocycles. The van der Waals surface area contributed by atoms with Gasteiger partial charge in [-0.2, -0.15) is 8.78 Å². The number of nitrogens with two attached hydrogens (primary N) is 1. The van der Waals surface area contributed by atoms with Gasteiger partial charge in [-0.1, -0.05) is 11.8 Å². The van der Waals surface area contributed by atoms with Crippen molar-refractivity contribution in [1.82, 2.24) is 9.13 Å². The van der Waals surface area contributed by atoms with E-state index < -0.39 is 29.6 Å². The number of carbonyl (C=O) groups excluding carboxylic acids is 2. The highest BCUT2D eigenvalue weighted by atomic mass is 32.2. The van der Waals surface area contributed by atoms with Crippen LogP contribution in [0.2, 0.25) is 0 Å². The molecule has 11 nitrogen and oxygen atoms in total. The van der Waals surface area contributed by atoms with Gasteiger partial charge in [-0.05, 0) is 36.4 Å². The van der Waals surface area contributed by atoms with E-state index in [4.69, 9.17) is 10.2 Å². The molecule has 3 heterocycles. The lowest BCUT2D eigenvalue weighted by atomic mass is 10.2. The number of aliphatic imine (C=N–C) groups is 1. The van der Waals surface area contributed by atoms with Crippen LogP contribution in [0.1, 0.15) is 16.1 Å². The lowest BCUT2D eigenvalue weighted by molar-refractivity contribution is -0.113. The third kappa shape index (κ3) is 5.09. The zero-order valence-corrected chi connectivity index (χ0v) is 20.2. The van der Waals surface area contributed by atoms with Crippen LogP contribution in [0.25, 0.3) is 6.08 Å². The summed E-state index contributed by atoms with van der Waals surface area (Å²) in [6.45, 7) is -3.02. The number of thioether (sulfide) groups is 1. The average molecular weight is 531 g/mol. The second-order valence-corrected chi connectivity index (χ2v) is 8.57. The predicted molar refractivity (Wildman–Crippen MR) is 133 cm³/mol. The highest BCUT2D eigenvalue weighted by Gasteiger charge is 2.33. The summed E-state index contributed by atoms with van der Waals surface area (Å²) in [5, 5.41) is 0.0823. The molecule has 0 saturated carbocycles. The second kappa shape index (κ2) is 10.3. The molecule has 0 radical (unpaired) electrons. The Hall–Kier alpha value is -4.46. The first-order valence-electron chi connectivity index (χ1n) is 10.5. The van der Waals surface area contributed by atoms with E-state index in [-0.39, 0.29) is 39.4 Å². The highest BCUT2D eigenvalue weighted by Crippen LogP contribution is 2.31. The van der Waals surface area contributed by atoms with Crippen molar-refractivity contribution in [3.05, 3.63) is 80.5 Å². The largest absolute Gasteiger partial charge is 0.465 e. The number of ketones is 1. The molecule has 1 aliphatic rings. The fourth-order valence-electron chi connectivity index (χ4n) is 3.43. The Morgan fingerprint density at radius 1 is 1.16 bits per heavy atom. The Morgan fingerprint density at radius 2 is 1.86 bits per heavy atom. The summed E-state index contributed by atoms with van der Waals surface area (Å²) < 4.78 is 36.4. The number of hydrogen-bond acceptors (Lipinski definition) is 9. The standard InChI is InChI=1S/C23H19F2N5O6S/c1-28-18(26)17(20(33)29(2)23(28)34)16(31)11-37-22-27-15(10-14-4-3-9-35-14)19(32)30(22)12-5-7-13(8-6-12)36-21(24)25/h3-10,21H,11,26H2,1-2H3/b15-10-. The molecule has 3 aromatic rings. The first kappa shape index (κ1) is 25.6. The Morgan fingerprint density at radius 3 is 2.49 bits per heavy atom. The monoisotopic (exact) mass is 531 g/mol. The molecule has 0 atom stereocenters. The fourth-order valence-corrected chi connectivity index (χ4v) is 4.31. The predicted octanol–water partition coefficient (Wildman–Crippen LogP) is 2.22. The lowest BCUT2D eigenvalue weighted by Crippen LogP contribution is -2.42. The van der Waals surface area contributed by atoms with Crippen LogP contribution in [0.5, 0.6) is 5.75 Å². The lowest BCUT2D eigenvalue weighted by Gasteiger charge is -2.18. The number of halogens is 2. The summed E-state index contributed by atoms with van der Waals surface area (Å²) in [5.41, 5.74) is 4.23. The molecule has 1 amide bonds. The number of furan rings is 1. The third-order valence-corrected chi connectivity index (χ3v) is 6.23. The van der Waals surface area contributed by atoms with E-state index in [1.54, 1.807) is 12.1 Å². The number of benzene rings is 1. The maximum Gasteiger partial charge on any atom is 0.387 e. The topological polar surface area (TPSA) is 142 Å². The van der Waals surface area contributed by atoms with Crippen LogP contribution in [-0.2, 0) is 18.9 Å². The number of anilines is 2. The Balaban J connectivity index is 1.66. The maximum atomic E-state index is 13.2. The minimum Gasteiger partial charge on any atom is -0.465 e. The molecule has 0 unspecified atom stereocenters. The molecule has 0 saturated heterocycles. The number of aromatic nitrogens is 2. The molecule has 0 aliphatic carbocycles. The van der Waals surface area contributed by atoms with Crippen LogP contribution in [0.15, 0.2) is 67.4 Å². The first-order chi connectivity index (χ1) is 17.6. The van der Waals surface area contributed by atoms with Gasteiger partial charge < -0.3 is 14.9 Å². The van der Waals surface area contributed by atoms with E-state index in [1.807, 2.05) is 0 Å². The SMILES string of the molecule is Cn1c(N)c(C(=O)CSC2=N/C(=C\c3ccco3)C(=O)N2c2ccc(OC(F)F)cc2)c(=O)n(C)c1=O. The van der Waals surface area contributed by atoms with Crippen LogP contribution in [-0.4, -0.2) is 38.4 Å². The van der Waals surface area contributed by atoms with Gasteiger partial charge in [-0.3, -0.25) is 28.4 Å². The highest BCUT2D eigenvalue weighted by molar-refractivity contribution is 8.14. The van der Waals surface area contributed by atoms with Crippen LogP contribution in [0, 0.1) is 0 Å². The van der Waals surface area contributed by atoms with Crippen molar-refractivity contribution in [2.24, 2.45) is 19.1 Å². The van der Waals surface area contributed by atoms with Gasteiger partial charge in [0.2, 0.25) is 0 Å². The van der Waals surface area contributed by atoms with Gasteiger partial charge >= 0.3 is 12.3 Å². The van der Waals surface area contributed by atoms with Gasteiger partial charge in [0.1, 0.15) is 28.6 Å². The average Bonchev–Trinajstić information content (AvgIpc) is 3.48. The van der Waals surface area contributed by atoms with Crippen molar-refractivity contribution in [3.8, 4) is 5.75 Å². The molecule has 2 N–H and O–H groups in total. The van der Waals surface area contributed by atoms with E-state index in [0.29, 0.717) is 5.76 Å². The summed E-state index contributed by atoms with van der Waals surface area (Å²) >= 11 is 0.850. The molecule has 2 aromatic heterocycles. The number of rotatable bonds is 7. The van der Waals surface area contributed by atoms with Gasteiger partial charge in [0.15, 0.2) is 11.0 Å². The Kier molecular flexibility index (Phi) is 7.11. The molecule has 4 rings (SSSR count). The van der Waals surface area contributed by atoms with Crippen LogP contribution < -0.4 is 26.6 Å². The van der Waals surface area contributed by atoms with Gasteiger partial charge in [-0.15, -0.1) is 0 Å². The zero-order valence-electron chi connectivity index (χ0n) is 19.4. The van der Waals surface area contributed by atoms with Crippen molar-refractivity contribution in [2.75, 3.05) is 16.4 Å². The van der Waals surface area contributed by atoms with E-state index >= 15 is 0 Å². The third-order valence-electron chi connectivity index (χ3n) is 5.29. The van der Waals surface area contributed by atoms with Gasteiger partial charge in [0.05, 0.1) is 17.7 Å². The van der Waals surface area contributed by atoms with E-state index in [2.05, 4.69) is 9.73 Å². The summed E-state index contributed by atoms with van der Waals surface area (Å²) in [4.78, 5) is 56.2. The number of ether oxygens (including phenoxy) is 1. The maximum absolute atomic E-state index is 13.2. The number of Topliss-reactive ketones (excluding diaryl/α,β-unsaturated/α-hetero) is 1. The molecule has 0 fully saturated rings. The second-order valence-electron chi connectivity index (χ2n) is 7.63. The molecule has 192 valence electrons. The molecule has 14 heteroatoms. The van der Waals surface area contributed by atoms with Crippen molar-refractivity contribution in [1.29, 1.82) is 0 Å². The zero-order chi connectivity index (χ0) is 26.9. The number of carbonyl (C=O) groups is 2. The smallest absolute Gasteiger partial charge is 0.387 e. The number of nitrogen functional groups attached to an aromatic ring is 1. The van der Waals surface area contributed by atoms with Crippen molar-refractivity contribution in [3.63, 3.8) is 0 Å². The molecular weight excluding hydrogens is 512 g/mol. The van der Waals surface area contributed by atoms with Crippen LogP contribution >= 0.6 is 11.8 Å². The minimum atomic E-state index is -3.02. The van der Waals surface area contributed by atoms with Crippen LogP contribution in [0.4, 0.5) is 20.3 Å². The molecule has 1 aliphatic heterocycles. The summed E-state index contributed by atoms with van der Waals surface area (Å²) in [6.07, 6.45) is 2.82. The first-order valence-corrected chi connectivity index (χ1v) is 11.5.